The van der Waals surface area contributed by atoms with Crippen LogP contribution >= 0.6 is 0 Å². The molecule has 1 aliphatic heterocycles. The molecule has 2 heterocycles. The third-order valence-electron chi connectivity index (χ3n) is 3.06. The van der Waals surface area contributed by atoms with Crippen molar-refractivity contribution in [1.29, 1.82) is 0 Å². The summed E-state index contributed by atoms with van der Waals surface area (Å²) >= 11 is 0. The largest absolute Gasteiger partial charge is 0.505 e. The number of rotatable bonds is 3. The number of hydrogen-bond acceptors (Lipinski definition) is 5. The summed E-state index contributed by atoms with van der Waals surface area (Å²) in [6.45, 7) is 3.43. The lowest BCUT2D eigenvalue weighted by atomic mass is 10.2. The molecule has 1 saturated heterocycles. The number of amides is 1. The van der Waals surface area contributed by atoms with Gasteiger partial charge in [-0.3, -0.25) is 9.69 Å². The molecule has 2 rings (SSSR count). The van der Waals surface area contributed by atoms with Gasteiger partial charge in [0.25, 0.3) is 5.91 Å². The van der Waals surface area contributed by atoms with E-state index in [1.807, 2.05) is 0 Å². The number of hydrogen-bond donors (Lipinski definition) is 2. The lowest BCUT2D eigenvalue weighted by Gasteiger charge is -2.34. The standard InChI is InChI=1S/C12H17N3O3/c16-9-8-14-4-6-15(7-5-14)12(18)11-10(17)2-1-3-13-11/h1-3,16-17H,4-9H2. The molecular weight excluding hydrogens is 234 g/mol. The van der Waals surface area contributed by atoms with Gasteiger partial charge in [0.15, 0.2) is 5.69 Å². The normalized spacial score (nSPS) is 16.8. The summed E-state index contributed by atoms with van der Waals surface area (Å²) in [7, 11) is 0. The van der Waals surface area contributed by atoms with Crippen LogP contribution in [0.25, 0.3) is 0 Å². The summed E-state index contributed by atoms with van der Waals surface area (Å²) in [5.74, 6) is -0.322. The third-order valence-corrected chi connectivity index (χ3v) is 3.06. The zero-order valence-corrected chi connectivity index (χ0v) is 10.1. The minimum absolute atomic E-state index is 0.0831. The van der Waals surface area contributed by atoms with E-state index in [4.69, 9.17) is 5.11 Å². The minimum atomic E-state index is -0.239. The Morgan fingerprint density at radius 3 is 2.67 bits per heavy atom. The topological polar surface area (TPSA) is 76.9 Å². The molecule has 0 unspecified atom stereocenters. The van der Waals surface area contributed by atoms with Crippen molar-refractivity contribution in [1.82, 2.24) is 14.8 Å². The van der Waals surface area contributed by atoms with Crippen molar-refractivity contribution in [3.05, 3.63) is 24.0 Å². The average Bonchev–Trinajstić information content (AvgIpc) is 2.40. The molecule has 0 aliphatic carbocycles. The van der Waals surface area contributed by atoms with E-state index >= 15 is 0 Å². The molecule has 0 saturated carbocycles. The Morgan fingerprint density at radius 2 is 2.06 bits per heavy atom. The number of pyridine rings is 1. The van der Waals surface area contributed by atoms with Gasteiger partial charge in [-0.05, 0) is 12.1 Å². The Kier molecular flexibility index (Phi) is 4.11. The number of carbonyl (C=O) groups excluding carboxylic acids is 1. The molecule has 98 valence electrons. The molecule has 1 amide bonds. The van der Waals surface area contributed by atoms with Crippen molar-refractivity contribution < 1.29 is 15.0 Å². The second-order valence-corrected chi connectivity index (χ2v) is 4.23. The van der Waals surface area contributed by atoms with Gasteiger partial charge < -0.3 is 15.1 Å². The van der Waals surface area contributed by atoms with Crippen LogP contribution in [0.2, 0.25) is 0 Å². The van der Waals surface area contributed by atoms with Gasteiger partial charge >= 0.3 is 0 Å². The van der Waals surface area contributed by atoms with E-state index in [-0.39, 0.29) is 24.0 Å². The molecule has 6 nitrogen and oxygen atoms in total. The Hall–Kier alpha value is -1.66. The first kappa shape index (κ1) is 12.8. The van der Waals surface area contributed by atoms with Crippen molar-refractivity contribution in [2.24, 2.45) is 0 Å². The second kappa shape index (κ2) is 5.79. The fourth-order valence-corrected chi connectivity index (χ4v) is 2.03. The van der Waals surface area contributed by atoms with Gasteiger partial charge in [0.1, 0.15) is 5.75 Å². The zero-order valence-electron chi connectivity index (χ0n) is 10.1. The first-order valence-corrected chi connectivity index (χ1v) is 5.99. The number of aromatic nitrogens is 1. The Balaban J connectivity index is 1.98. The summed E-state index contributed by atoms with van der Waals surface area (Å²) in [5, 5.41) is 18.4. The van der Waals surface area contributed by atoms with Crippen molar-refractivity contribution in [3.8, 4) is 5.75 Å². The Labute approximate surface area is 105 Å². The molecule has 1 aromatic rings. The minimum Gasteiger partial charge on any atom is -0.505 e. The highest BCUT2D eigenvalue weighted by Crippen LogP contribution is 2.16. The molecule has 0 radical (unpaired) electrons. The van der Waals surface area contributed by atoms with Gasteiger partial charge in [-0.1, -0.05) is 0 Å². The molecule has 18 heavy (non-hydrogen) atoms. The number of nitrogens with zero attached hydrogens (tertiary/aromatic N) is 3. The predicted molar refractivity (Wildman–Crippen MR) is 65.3 cm³/mol. The van der Waals surface area contributed by atoms with Crippen LogP contribution in [0.3, 0.4) is 0 Å². The molecule has 1 aromatic heterocycles. The van der Waals surface area contributed by atoms with Crippen LogP contribution in [0.5, 0.6) is 5.75 Å². The Bertz CT molecular complexity index is 417. The highest BCUT2D eigenvalue weighted by atomic mass is 16.3. The van der Waals surface area contributed by atoms with Crippen LogP contribution in [-0.2, 0) is 0 Å². The molecule has 2 N–H and O–H groups in total. The molecule has 0 bridgehead atoms. The first-order valence-electron chi connectivity index (χ1n) is 5.99. The fourth-order valence-electron chi connectivity index (χ4n) is 2.03. The number of β-amino-alcohol motifs (C(OH)–C–C–N with tert-alkyl or cyclic N) is 1. The summed E-state index contributed by atoms with van der Waals surface area (Å²) in [6.07, 6.45) is 1.50. The van der Waals surface area contributed by atoms with E-state index in [1.54, 1.807) is 11.0 Å². The van der Waals surface area contributed by atoms with E-state index in [9.17, 15) is 9.90 Å². The maximum atomic E-state index is 12.1. The SMILES string of the molecule is O=C(c1ncccc1O)N1CCN(CCO)CC1. The van der Waals surface area contributed by atoms with Crippen LogP contribution in [0, 0.1) is 0 Å². The number of aliphatic hydroxyl groups is 1. The maximum absolute atomic E-state index is 12.1. The lowest BCUT2D eigenvalue weighted by Crippen LogP contribution is -2.49. The van der Waals surface area contributed by atoms with E-state index in [0.29, 0.717) is 19.6 Å². The van der Waals surface area contributed by atoms with Gasteiger partial charge in [-0.2, -0.15) is 0 Å². The van der Waals surface area contributed by atoms with Crippen LogP contribution in [0.1, 0.15) is 10.5 Å². The second-order valence-electron chi connectivity index (χ2n) is 4.23. The number of piperazine rings is 1. The van der Waals surface area contributed by atoms with Crippen molar-refractivity contribution in [2.45, 2.75) is 0 Å². The van der Waals surface area contributed by atoms with Crippen molar-refractivity contribution in [3.63, 3.8) is 0 Å². The summed E-state index contributed by atoms with van der Waals surface area (Å²) in [4.78, 5) is 19.8. The van der Waals surface area contributed by atoms with Gasteiger partial charge in [0.2, 0.25) is 0 Å². The smallest absolute Gasteiger partial charge is 0.276 e. The third kappa shape index (κ3) is 2.77. The number of carbonyl (C=O) groups is 1. The molecule has 6 heteroatoms. The van der Waals surface area contributed by atoms with Gasteiger partial charge in [0.05, 0.1) is 6.61 Å². The predicted octanol–water partition coefficient (Wildman–Crippen LogP) is -0.463. The molecule has 0 spiro atoms. The summed E-state index contributed by atoms with van der Waals surface area (Å²) < 4.78 is 0. The van der Waals surface area contributed by atoms with Crippen molar-refractivity contribution in [2.75, 3.05) is 39.3 Å². The summed E-state index contributed by atoms with van der Waals surface area (Å²) in [6, 6.07) is 3.05. The van der Waals surface area contributed by atoms with Crippen LogP contribution in [-0.4, -0.2) is 70.2 Å². The number of aromatic hydroxyl groups is 1. The highest BCUT2D eigenvalue weighted by molar-refractivity contribution is 5.94. The van der Waals surface area contributed by atoms with Gasteiger partial charge in [-0.25, -0.2) is 4.98 Å². The van der Waals surface area contributed by atoms with Crippen LogP contribution in [0.4, 0.5) is 0 Å². The molecule has 1 fully saturated rings. The van der Waals surface area contributed by atoms with E-state index < -0.39 is 0 Å². The highest BCUT2D eigenvalue weighted by Gasteiger charge is 2.24. The average molecular weight is 251 g/mol. The van der Waals surface area contributed by atoms with E-state index in [1.165, 1.54) is 12.3 Å². The van der Waals surface area contributed by atoms with Crippen LogP contribution in [0.15, 0.2) is 18.3 Å². The Morgan fingerprint density at radius 1 is 1.33 bits per heavy atom. The lowest BCUT2D eigenvalue weighted by molar-refractivity contribution is 0.0606. The maximum Gasteiger partial charge on any atom is 0.276 e. The quantitative estimate of drug-likeness (QED) is 0.760. The zero-order chi connectivity index (χ0) is 13.0. The fraction of sp³-hybridized carbons (Fsp3) is 0.500. The van der Waals surface area contributed by atoms with Gasteiger partial charge in [-0.15, -0.1) is 0 Å². The number of aliphatic hydroxyl groups excluding tert-OH is 1. The van der Waals surface area contributed by atoms with Gasteiger partial charge in [0, 0.05) is 38.9 Å². The van der Waals surface area contributed by atoms with Crippen LogP contribution < -0.4 is 0 Å². The molecular formula is C12H17N3O3. The monoisotopic (exact) mass is 251 g/mol. The van der Waals surface area contributed by atoms with E-state index in [2.05, 4.69) is 9.88 Å². The summed E-state index contributed by atoms with van der Waals surface area (Å²) in [5.41, 5.74) is 0.105. The van der Waals surface area contributed by atoms with Crippen molar-refractivity contribution >= 4 is 5.91 Å². The molecule has 1 aliphatic rings. The molecule has 0 atom stereocenters. The first-order chi connectivity index (χ1) is 8.72. The van der Waals surface area contributed by atoms with E-state index in [0.717, 1.165) is 13.1 Å². The molecule has 0 aromatic carbocycles.